The zero-order valence-electron chi connectivity index (χ0n) is 16.9. The molecule has 2 aromatic rings. The number of hydrogen-bond acceptors (Lipinski definition) is 5. The van der Waals surface area contributed by atoms with Gasteiger partial charge in [0.1, 0.15) is 5.82 Å². The molecule has 3 rings (SSSR count). The fourth-order valence-electron chi connectivity index (χ4n) is 3.60. The summed E-state index contributed by atoms with van der Waals surface area (Å²) in [6.07, 6.45) is -2.86. The number of anilines is 1. The average Bonchev–Trinajstić information content (AvgIpc) is 2.74. The minimum absolute atomic E-state index is 0.0953. The summed E-state index contributed by atoms with van der Waals surface area (Å²) < 4.78 is 38.4. The Bertz CT molecular complexity index is 1030. The van der Waals surface area contributed by atoms with E-state index >= 15 is 0 Å². The van der Waals surface area contributed by atoms with E-state index in [1.807, 2.05) is 0 Å². The molecular weight excluding hydrogens is 472 g/mol. The fraction of sp³-hybridized carbons (Fsp3) is 0.400. The van der Waals surface area contributed by atoms with Gasteiger partial charge in [0.2, 0.25) is 5.91 Å². The number of pyridine rings is 1. The second-order valence-electron chi connectivity index (χ2n) is 7.52. The molecule has 0 unspecified atom stereocenters. The number of alkyl halides is 3. The minimum atomic E-state index is -4.53. The van der Waals surface area contributed by atoms with Gasteiger partial charge in [0.15, 0.2) is 0 Å². The van der Waals surface area contributed by atoms with Crippen molar-refractivity contribution in [3.8, 4) is 0 Å². The summed E-state index contributed by atoms with van der Waals surface area (Å²) in [6, 6.07) is 4.90. The molecule has 0 aliphatic carbocycles. The van der Waals surface area contributed by atoms with Crippen LogP contribution in [-0.2, 0) is 17.5 Å². The van der Waals surface area contributed by atoms with Gasteiger partial charge in [0.05, 0.1) is 15.5 Å². The van der Waals surface area contributed by atoms with E-state index in [0.717, 1.165) is 12.3 Å². The van der Waals surface area contributed by atoms with Crippen LogP contribution in [0.15, 0.2) is 30.5 Å². The Hall–Kier alpha value is -2.59. The van der Waals surface area contributed by atoms with E-state index in [1.165, 1.54) is 23.1 Å². The number of non-ortho nitro benzene ring substituents is 1. The first kappa shape index (κ1) is 24.1. The topological polar surface area (TPSA) is 79.6 Å². The number of piperidine rings is 1. The number of aromatic nitrogens is 1. The largest absolute Gasteiger partial charge is 0.417 e. The third-order valence-corrected chi connectivity index (χ3v) is 5.96. The van der Waals surface area contributed by atoms with Crippen LogP contribution in [0.1, 0.15) is 24.0 Å². The van der Waals surface area contributed by atoms with E-state index in [9.17, 15) is 28.1 Å². The molecular formula is C20H19Cl2F3N4O3. The summed E-state index contributed by atoms with van der Waals surface area (Å²) in [5.74, 6) is -0.192. The highest BCUT2D eigenvalue weighted by atomic mass is 35.5. The number of benzene rings is 1. The zero-order chi connectivity index (χ0) is 23.6. The molecule has 0 N–H and O–H groups in total. The maximum atomic E-state index is 12.9. The van der Waals surface area contributed by atoms with Crippen molar-refractivity contribution in [1.29, 1.82) is 0 Å². The van der Waals surface area contributed by atoms with E-state index in [4.69, 9.17) is 23.2 Å². The molecule has 0 atom stereocenters. The van der Waals surface area contributed by atoms with Crippen molar-refractivity contribution in [3.05, 3.63) is 61.7 Å². The van der Waals surface area contributed by atoms with Crippen molar-refractivity contribution >= 4 is 40.6 Å². The Morgan fingerprint density at radius 3 is 2.47 bits per heavy atom. The number of carbonyl (C=O) groups is 1. The number of hydrogen-bond donors (Lipinski definition) is 0. The normalized spacial score (nSPS) is 15.0. The van der Waals surface area contributed by atoms with Crippen molar-refractivity contribution < 1.29 is 22.9 Å². The predicted molar refractivity (Wildman–Crippen MR) is 114 cm³/mol. The number of amides is 1. The van der Waals surface area contributed by atoms with Gasteiger partial charge in [-0.3, -0.25) is 14.9 Å². The number of rotatable bonds is 5. The maximum absolute atomic E-state index is 12.9. The van der Waals surface area contributed by atoms with Gasteiger partial charge >= 0.3 is 6.18 Å². The van der Waals surface area contributed by atoms with Gasteiger partial charge in [-0.25, -0.2) is 4.98 Å². The van der Waals surface area contributed by atoms with Crippen LogP contribution in [-0.4, -0.2) is 40.9 Å². The summed E-state index contributed by atoms with van der Waals surface area (Å²) in [5, 5.41) is 11.2. The lowest BCUT2D eigenvalue weighted by molar-refractivity contribution is -0.384. The van der Waals surface area contributed by atoms with Gasteiger partial charge in [0, 0.05) is 56.0 Å². The summed E-state index contributed by atoms with van der Waals surface area (Å²) in [4.78, 5) is 30.4. The minimum Gasteiger partial charge on any atom is -0.355 e. The standard InChI is InChI=1S/C20H19Cl2F3N4O3/c1-27(11-13-8-15(29(31)32)2-3-16(13)21)19(30)12-4-6-28(7-5-12)18-17(22)9-14(10-26-18)20(23,24)25/h2-3,8-10,12H,4-7,11H2,1H3. The van der Waals surface area contributed by atoms with Crippen LogP contribution in [0.2, 0.25) is 10.0 Å². The number of nitro groups is 1. The molecule has 1 aliphatic rings. The van der Waals surface area contributed by atoms with Crippen molar-refractivity contribution in [2.45, 2.75) is 25.6 Å². The van der Waals surface area contributed by atoms with Crippen molar-refractivity contribution in [1.82, 2.24) is 9.88 Å². The molecule has 12 heteroatoms. The van der Waals surface area contributed by atoms with Crippen LogP contribution in [0.4, 0.5) is 24.7 Å². The van der Waals surface area contributed by atoms with Gasteiger partial charge in [0.25, 0.3) is 5.69 Å². The van der Waals surface area contributed by atoms with Gasteiger partial charge < -0.3 is 9.80 Å². The Balaban J connectivity index is 1.62. The fourth-order valence-corrected chi connectivity index (χ4v) is 4.06. The van der Waals surface area contributed by atoms with E-state index in [-0.39, 0.29) is 34.9 Å². The molecule has 1 amide bonds. The Labute approximate surface area is 191 Å². The molecule has 32 heavy (non-hydrogen) atoms. The maximum Gasteiger partial charge on any atom is 0.417 e. The van der Waals surface area contributed by atoms with Gasteiger partial charge in [-0.1, -0.05) is 23.2 Å². The van der Waals surface area contributed by atoms with Crippen LogP contribution in [0, 0.1) is 16.0 Å². The molecule has 1 aromatic carbocycles. The summed E-state index contributed by atoms with van der Waals surface area (Å²) >= 11 is 12.1. The molecule has 2 heterocycles. The van der Waals surface area contributed by atoms with E-state index < -0.39 is 16.7 Å². The third-order valence-electron chi connectivity index (χ3n) is 5.32. The van der Waals surface area contributed by atoms with Crippen LogP contribution in [0.25, 0.3) is 0 Å². The van der Waals surface area contributed by atoms with Crippen LogP contribution >= 0.6 is 23.2 Å². The quantitative estimate of drug-likeness (QED) is 0.425. The molecule has 1 saturated heterocycles. The number of carbonyl (C=O) groups excluding carboxylic acids is 1. The number of nitro benzene ring substituents is 1. The van der Waals surface area contributed by atoms with Crippen LogP contribution in [0.3, 0.4) is 0 Å². The van der Waals surface area contributed by atoms with Crippen molar-refractivity contribution in [2.75, 3.05) is 25.0 Å². The Kier molecular flexibility index (Phi) is 7.14. The first-order valence-electron chi connectivity index (χ1n) is 9.63. The van der Waals surface area contributed by atoms with E-state index in [0.29, 0.717) is 36.5 Å². The molecule has 1 aliphatic heterocycles. The second-order valence-corrected chi connectivity index (χ2v) is 8.33. The highest BCUT2D eigenvalue weighted by molar-refractivity contribution is 6.33. The predicted octanol–water partition coefficient (Wildman–Crippen LogP) is 5.19. The second kappa shape index (κ2) is 9.50. The Morgan fingerprint density at radius 1 is 1.25 bits per heavy atom. The van der Waals surface area contributed by atoms with Crippen molar-refractivity contribution in [3.63, 3.8) is 0 Å². The van der Waals surface area contributed by atoms with Gasteiger partial charge in [-0.2, -0.15) is 13.2 Å². The average molecular weight is 491 g/mol. The van der Waals surface area contributed by atoms with Crippen molar-refractivity contribution in [2.24, 2.45) is 5.92 Å². The molecule has 0 spiro atoms. The first-order chi connectivity index (χ1) is 15.0. The molecule has 1 aromatic heterocycles. The summed E-state index contributed by atoms with van der Waals surface area (Å²) in [7, 11) is 1.60. The Morgan fingerprint density at radius 2 is 1.91 bits per heavy atom. The highest BCUT2D eigenvalue weighted by Crippen LogP contribution is 2.35. The zero-order valence-corrected chi connectivity index (χ0v) is 18.4. The van der Waals surface area contributed by atoms with Gasteiger partial charge in [-0.15, -0.1) is 0 Å². The molecule has 0 bridgehead atoms. The van der Waals surface area contributed by atoms with Crippen LogP contribution < -0.4 is 4.90 Å². The highest BCUT2D eigenvalue weighted by Gasteiger charge is 2.33. The molecule has 1 fully saturated rings. The molecule has 0 saturated carbocycles. The van der Waals surface area contributed by atoms with Crippen LogP contribution in [0.5, 0.6) is 0 Å². The first-order valence-corrected chi connectivity index (χ1v) is 10.4. The van der Waals surface area contributed by atoms with Gasteiger partial charge in [-0.05, 0) is 30.5 Å². The monoisotopic (exact) mass is 490 g/mol. The smallest absolute Gasteiger partial charge is 0.355 e. The number of halogens is 5. The summed E-state index contributed by atoms with van der Waals surface area (Å²) in [5.41, 5.74) is -0.563. The summed E-state index contributed by atoms with van der Waals surface area (Å²) in [6.45, 7) is 0.922. The molecule has 0 radical (unpaired) electrons. The molecule has 7 nitrogen and oxygen atoms in total. The molecule has 172 valence electrons. The van der Waals surface area contributed by atoms with E-state index in [2.05, 4.69) is 4.98 Å². The third kappa shape index (κ3) is 5.42. The lowest BCUT2D eigenvalue weighted by Crippen LogP contribution is -2.41. The lowest BCUT2D eigenvalue weighted by atomic mass is 9.95. The number of nitrogens with zero attached hydrogens (tertiary/aromatic N) is 4. The lowest BCUT2D eigenvalue weighted by Gasteiger charge is -2.34. The van der Waals surface area contributed by atoms with E-state index in [1.54, 1.807) is 11.9 Å². The SMILES string of the molecule is CN(Cc1cc([N+](=O)[O-])ccc1Cl)C(=O)C1CCN(c2ncc(C(F)(F)F)cc2Cl)CC1.